The summed E-state index contributed by atoms with van der Waals surface area (Å²) in [6, 6.07) is 17.1. The number of hydrogen-bond acceptors (Lipinski definition) is 5. The Labute approximate surface area is 189 Å². The van der Waals surface area contributed by atoms with Crippen molar-refractivity contribution in [2.24, 2.45) is 0 Å². The van der Waals surface area contributed by atoms with Gasteiger partial charge in [-0.2, -0.15) is 5.10 Å². The van der Waals surface area contributed by atoms with Gasteiger partial charge in [0.25, 0.3) is 0 Å². The van der Waals surface area contributed by atoms with Crippen molar-refractivity contribution in [1.82, 2.24) is 19.7 Å². The normalized spacial score (nSPS) is 10.8. The summed E-state index contributed by atoms with van der Waals surface area (Å²) >= 11 is 7.36. The summed E-state index contributed by atoms with van der Waals surface area (Å²) in [5.74, 6) is 0.732. The van der Waals surface area contributed by atoms with E-state index in [2.05, 4.69) is 10.1 Å². The monoisotopic (exact) mass is 452 g/mol. The second-order valence-corrected chi connectivity index (χ2v) is 8.41. The highest BCUT2D eigenvalue weighted by Gasteiger charge is 2.14. The van der Waals surface area contributed by atoms with E-state index in [4.69, 9.17) is 16.3 Å². The van der Waals surface area contributed by atoms with Gasteiger partial charge in [0, 0.05) is 35.8 Å². The maximum Gasteiger partial charge on any atom is 0.228 e. The molecular formula is C23H21ClN4O2S. The second kappa shape index (κ2) is 9.76. The average Bonchev–Trinajstić information content (AvgIpc) is 3.43. The molecule has 31 heavy (non-hydrogen) atoms. The molecule has 0 saturated carbocycles. The van der Waals surface area contributed by atoms with Gasteiger partial charge >= 0.3 is 0 Å². The standard InChI is InChI=1S/C23H21ClN4O2S/c1-27(13-17-12-25-28(14-17)20-5-3-2-4-6-20)23(29)11-19-16-31-22(26-19)15-30-21-9-7-18(24)8-10-21/h2-10,12,14,16H,11,13,15H2,1H3. The number of aromatic nitrogens is 3. The average molecular weight is 453 g/mol. The van der Waals surface area contributed by atoms with Crippen LogP contribution in [0.15, 0.2) is 72.4 Å². The number of para-hydroxylation sites is 1. The number of ether oxygens (including phenoxy) is 1. The van der Waals surface area contributed by atoms with Crippen molar-refractivity contribution in [1.29, 1.82) is 0 Å². The van der Waals surface area contributed by atoms with Crippen LogP contribution in [0, 0.1) is 0 Å². The number of nitrogens with zero attached hydrogens (tertiary/aromatic N) is 4. The van der Waals surface area contributed by atoms with Crippen molar-refractivity contribution in [2.45, 2.75) is 19.6 Å². The Morgan fingerprint density at radius 3 is 2.71 bits per heavy atom. The van der Waals surface area contributed by atoms with Gasteiger partial charge in [-0.15, -0.1) is 11.3 Å². The predicted octanol–water partition coefficient (Wildman–Crippen LogP) is 4.76. The first-order valence-corrected chi connectivity index (χ1v) is 11.0. The van der Waals surface area contributed by atoms with Gasteiger partial charge in [-0.25, -0.2) is 9.67 Å². The minimum Gasteiger partial charge on any atom is -0.486 e. The van der Waals surface area contributed by atoms with Crippen molar-refractivity contribution in [3.05, 3.63) is 93.7 Å². The van der Waals surface area contributed by atoms with E-state index in [9.17, 15) is 4.79 Å². The molecule has 2 aromatic carbocycles. The number of likely N-dealkylation sites (N-methyl/N-ethyl adjacent to an activating group) is 1. The Morgan fingerprint density at radius 2 is 1.94 bits per heavy atom. The molecular weight excluding hydrogens is 432 g/mol. The number of amides is 1. The quantitative estimate of drug-likeness (QED) is 0.386. The fourth-order valence-electron chi connectivity index (χ4n) is 2.99. The molecule has 1 amide bonds. The first-order valence-electron chi connectivity index (χ1n) is 9.71. The number of hydrogen-bond donors (Lipinski definition) is 0. The van der Waals surface area contributed by atoms with Crippen molar-refractivity contribution in [3.8, 4) is 11.4 Å². The largest absolute Gasteiger partial charge is 0.486 e. The molecule has 0 aliphatic heterocycles. The first-order chi connectivity index (χ1) is 15.1. The van der Waals surface area contributed by atoms with E-state index in [1.807, 2.05) is 54.0 Å². The van der Waals surface area contributed by atoms with Crippen LogP contribution in [0.5, 0.6) is 5.75 Å². The topological polar surface area (TPSA) is 60.2 Å². The smallest absolute Gasteiger partial charge is 0.228 e. The lowest BCUT2D eigenvalue weighted by Gasteiger charge is -2.15. The van der Waals surface area contributed by atoms with Crippen LogP contribution in [0.25, 0.3) is 5.69 Å². The van der Waals surface area contributed by atoms with Crippen molar-refractivity contribution >= 4 is 28.8 Å². The molecule has 0 unspecified atom stereocenters. The summed E-state index contributed by atoms with van der Waals surface area (Å²) in [5.41, 5.74) is 2.70. The maximum absolute atomic E-state index is 12.6. The van der Waals surface area contributed by atoms with E-state index in [1.165, 1.54) is 11.3 Å². The maximum atomic E-state index is 12.6. The number of benzene rings is 2. The van der Waals surface area contributed by atoms with Gasteiger partial charge in [0.15, 0.2) is 0 Å². The van der Waals surface area contributed by atoms with Crippen molar-refractivity contribution in [2.75, 3.05) is 7.05 Å². The molecule has 0 fully saturated rings. The zero-order valence-corrected chi connectivity index (χ0v) is 18.5. The van der Waals surface area contributed by atoms with Gasteiger partial charge in [0.2, 0.25) is 5.91 Å². The lowest BCUT2D eigenvalue weighted by Crippen LogP contribution is -2.27. The van der Waals surface area contributed by atoms with Crippen LogP contribution in [0.2, 0.25) is 5.02 Å². The lowest BCUT2D eigenvalue weighted by atomic mass is 10.2. The fourth-order valence-corrected chi connectivity index (χ4v) is 3.82. The van der Waals surface area contributed by atoms with Crippen molar-refractivity contribution < 1.29 is 9.53 Å². The molecule has 2 aromatic heterocycles. The Kier molecular flexibility index (Phi) is 6.64. The van der Waals surface area contributed by atoms with Crippen LogP contribution < -0.4 is 4.74 Å². The lowest BCUT2D eigenvalue weighted by molar-refractivity contribution is -0.129. The number of rotatable bonds is 8. The van der Waals surface area contributed by atoms with Crippen LogP contribution in [-0.4, -0.2) is 32.6 Å². The van der Waals surface area contributed by atoms with E-state index in [0.717, 1.165) is 27.7 Å². The highest BCUT2D eigenvalue weighted by molar-refractivity contribution is 7.09. The van der Waals surface area contributed by atoms with Crippen LogP contribution >= 0.6 is 22.9 Å². The Bertz CT molecular complexity index is 1140. The van der Waals surface area contributed by atoms with E-state index in [-0.39, 0.29) is 12.3 Å². The number of carbonyl (C=O) groups excluding carboxylic acids is 1. The summed E-state index contributed by atoms with van der Waals surface area (Å²) in [7, 11) is 1.79. The minimum absolute atomic E-state index is 0.00271. The van der Waals surface area contributed by atoms with Gasteiger partial charge in [-0.3, -0.25) is 4.79 Å². The van der Waals surface area contributed by atoms with Crippen LogP contribution in [-0.2, 0) is 24.4 Å². The third kappa shape index (κ3) is 5.71. The molecule has 6 nitrogen and oxygen atoms in total. The van der Waals surface area contributed by atoms with Crippen LogP contribution in [0.3, 0.4) is 0 Å². The molecule has 0 bridgehead atoms. The third-order valence-corrected chi connectivity index (χ3v) is 5.73. The SMILES string of the molecule is CN(Cc1cnn(-c2ccccc2)c1)C(=O)Cc1csc(COc2ccc(Cl)cc2)n1. The summed E-state index contributed by atoms with van der Waals surface area (Å²) in [4.78, 5) is 18.8. The predicted molar refractivity (Wildman–Crippen MR) is 122 cm³/mol. The van der Waals surface area contributed by atoms with E-state index >= 15 is 0 Å². The highest BCUT2D eigenvalue weighted by atomic mass is 35.5. The zero-order valence-electron chi connectivity index (χ0n) is 16.9. The van der Waals surface area contributed by atoms with E-state index in [0.29, 0.717) is 18.2 Å². The molecule has 0 spiro atoms. The Balaban J connectivity index is 1.29. The van der Waals surface area contributed by atoms with Crippen LogP contribution in [0.1, 0.15) is 16.3 Å². The number of carbonyl (C=O) groups is 1. The molecule has 0 radical (unpaired) electrons. The molecule has 0 saturated heterocycles. The molecule has 8 heteroatoms. The summed E-state index contributed by atoms with van der Waals surface area (Å²) < 4.78 is 7.52. The molecule has 0 atom stereocenters. The van der Waals surface area contributed by atoms with Gasteiger partial charge in [-0.1, -0.05) is 29.8 Å². The molecule has 4 aromatic rings. The molecule has 0 N–H and O–H groups in total. The number of halogens is 1. The third-order valence-electron chi connectivity index (χ3n) is 4.61. The summed E-state index contributed by atoms with van der Waals surface area (Å²) in [6.45, 7) is 0.845. The zero-order chi connectivity index (χ0) is 21.6. The van der Waals surface area contributed by atoms with Gasteiger partial charge < -0.3 is 9.64 Å². The van der Waals surface area contributed by atoms with Gasteiger partial charge in [-0.05, 0) is 36.4 Å². The molecule has 158 valence electrons. The molecule has 4 rings (SSSR count). The molecule has 0 aliphatic carbocycles. The minimum atomic E-state index is 0.00271. The Morgan fingerprint density at radius 1 is 1.16 bits per heavy atom. The van der Waals surface area contributed by atoms with E-state index in [1.54, 1.807) is 35.0 Å². The Hall–Kier alpha value is -3.16. The first kappa shape index (κ1) is 21.1. The van der Waals surface area contributed by atoms with E-state index < -0.39 is 0 Å². The van der Waals surface area contributed by atoms with Crippen molar-refractivity contribution in [3.63, 3.8) is 0 Å². The fraction of sp³-hybridized carbons (Fsp3) is 0.174. The van der Waals surface area contributed by atoms with Gasteiger partial charge in [0.05, 0.1) is 24.0 Å². The number of thiazole rings is 1. The molecule has 2 heterocycles. The molecule has 0 aliphatic rings. The summed E-state index contributed by atoms with van der Waals surface area (Å²) in [5, 5.41) is 7.78. The highest BCUT2D eigenvalue weighted by Crippen LogP contribution is 2.19. The summed E-state index contributed by atoms with van der Waals surface area (Å²) in [6.07, 6.45) is 3.97. The van der Waals surface area contributed by atoms with Crippen LogP contribution in [0.4, 0.5) is 0 Å². The van der Waals surface area contributed by atoms with Gasteiger partial charge in [0.1, 0.15) is 17.4 Å². The second-order valence-electron chi connectivity index (χ2n) is 7.03.